The van der Waals surface area contributed by atoms with Crippen LogP contribution in [0.1, 0.15) is 29.9 Å². The minimum atomic E-state index is -0.454. The first kappa shape index (κ1) is 26.0. The quantitative estimate of drug-likeness (QED) is 0.314. The third kappa shape index (κ3) is 6.98. The zero-order chi connectivity index (χ0) is 26.2. The number of halogens is 1. The monoisotopic (exact) mass is 506 g/mol. The molecule has 10 nitrogen and oxygen atoms in total. The minimum absolute atomic E-state index is 0.250. The van der Waals surface area contributed by atoms with E-state index >= 15 is 0 Å². The Morgan fingerprint density at radius 2 is 1.84 bits per heavy atom. The average molecular weight is 507 g/mol. The van der Waals surface area contributed by atoms with Crippen molar-refractivity contribution < 1.29 is 13.9 Å². The van der Waals surface area contributed by atoms with Crippen molar-refractivity contribution in [2.75, 3.05) is 31.6 Å². The second-order valence-corrected chi connectivity index (χ2v) is 8.55. The molecular weight excluding hydrogens is 475 g/mol. The number of likely N-dealkylation sites (N-methyl/N-ethyl adjacent to an activating group) is 1. The first-order valence-corrected chi connectivity index (χ1v) is 12.3. The highest BCUT2D eigenvalue weighted by Crippen LogP contribution is 2.25. The second-order valence-electron chi connectivity index (χ2n) is 8.55. The molecule has 2 aromatic carbocycles. The molecule has 4 aromatic rings. The third-order valence-corrected chi connectivity index (χ3v) is 5.97. The minimum Gasteiger partial charge on any atom is -0.492 e. The predicted molar refractivity (Wildman–Crippen MR) is 138 cm³/mol. The molecule has 2 aromatic heterocycles. The molecule has 2 heterocycles. The fourth-order valence-corrected chi connectivity index (χ4v) is 3.81. The maximum atomic E-state index is 14.6. The fourth-order valence-electron chi connectivity index (χ4n) is 3.81. The lowest BCUT2D eigenvalue weighted by Gasteiger charge is -2.18. The molecule has 4 rings (SSSR count). The number of rotatable bonds is 12. The lowest BCUT2D eigenvalue weighted by molar-refractivity contribution is 0.102. The van der Waals surface area contributed by atoms with Gasteiger partial charge < -0.3 is 15.0 Å². The Kier molecular flexibility index (Phi) is 8.57. The molecule has 194 valence electrons. The Morgan fingerprint density at radius 3 is 2.54 bits per heavy atom. The Hall–Kier alpha value is -4.12. The summed E-state index contributed by atoms with van der Waals surface area (Å²) < 4.78 is 23.6. The molecule has 0 aliphatic carbocycles. The van der Waals surface area contributed by atoms with Crippen LogP contribution in [0.2, 0.25) is 0 Å². The predicted octanol–water partition coefficient (Wildman–Crippen LogP) is 3.43. The van der Waals surface area contributed by atoms with Crippen molar-refractivity contribution in [1.82, 2.24) is 34.9 Å². The Morgan fingerprint density at radius 1 is 1.05 bits per heavy atom. The molecule has 0 saturated heterocycles. The van der Waals surface area contributed by atoms with Gasteiger partial charge in [0.15, 0.2) is 0 Å². The number of hydrogen-bond acceptors (Lipinski definition) is 7. The van der Waals surface area contributed by atoms with Gasteiger partial charge >= 0.3 is 0 Å². The summed E-state index contributed by atoms with van der Waals surface area (Å²) in [5, 5.41) is 19.0. The number of amides is 1. The third-order valence-electron chi connectivity index (χ3n) is 5.97. The number of benzene rings is 2. The number of carbonyl (C=O) groups excluding carboxylic acids is 1. The van der Waals surface area contributed by atoms with Gasteiger partial charge in [-0.1, -0.05) is 24.3 Å². The highest BCUT2D eigenvalue weighted by molar-refractivity contribution is 6.04. The first-order valence-electron chi connectivity index (χ1n) is 12.3. The van der Waals surface area contributed by atoms with E-state index in [4.69, 9.17) is 4.74 Å². The van der Waals surface area contributed by atoms with E-state index in [0.717, 1.165) is 25.3 Å². The summed E-state index contributed by atoms with van der Waals surface area (Å²) in [6.07, 6.45) is 4.12. The van der Waals surface area contributed by atoms with Gasteiger partial charge in [0.2, 0.25) is 0 Å². The molecule has 1 amide bonds. The number of aromatic nitrogens is 6. The van der Waals surface area contributed by atoms with Crippen LogP contribution in [0.15, 0.2) is 54.9 Å². The van der Waals surface area contributed by atoms with E-state index in [1.54, 1.807) is 52.9 Å². The second kappa shape index (κ2) is 12.2. The number of ether oxygens (including phenoxy) is 1. The van der Waals surface area contributed by atoms with Crippen molar-refractivity contribution >= 4 is 11.6 Å². The van der Waals surface area contributed by atoms with E-state index in [1.807, 2.05) is 6.20 Å². The molecule has 0 radical (unpaired) electrons. The number of nitrogens with one attached hydrogen (secondary N) is 1. The normalized spacial score (nSPS) is 11.2. The number of carbonyl (C=O) groups is 1. The molecule has 37 heavy (non-hydrogen) atoms. The summed E-state index contributed by atoms with van der Waals surface area (Å²) in [5.41, 5.74) is 2.38. The topological polar surface area (TPSA) is 103 Å². The van der Waals surface area contributed by atoms with Gasteiger partial charge in [-0.3, -0.25) is 14.2 Å². The van der Waals surface area contributed by atoms with Gasteiger partial charge in [-0.05, 0) is 55.6 Å². The molecule has 0 spiro atoms. The molecule has 0 unspecified atom stereocenters. The van der Waals surface area contributed by atoms with E-state index in [9.17, 15) is 9.18 Å². The number of aryl methyl sites for hydroxylation is 3. The van der Waals surface area contributed by atoms with Crippen molar-refractivity contribution in [3.63, 3.8) is 0 Å². The van der Waals surface area contributed by atoms with Crippen LogP contribution in [0.3, 0.4) is 0 Å². The Bertz CT molecular complexity index is 1310. The van der Waals surface area contributed by atoms with Crippen molar-refractivity contribution in [2.45, 2.75) is 26.8 Å². The number of hydrogen-bond donors (Lipinski definition) is 1. The Balaban J connectivity index is 1.36. The zero-order valence-electron chi connectivity index (χ0n) is 21.3. The summed E-state index contributed by atoms with van der Waals surface area (Å²) in [6.45, 7) is 8.15. The van der Waals surface area contributed by atoms with Crippen LogP contribution in [0.5, 0.6) is 5.75 Å². The molecule has 0 fully saturated rings. The van der Waals surface area contributed by atoms with Crippen LogP contribution in [-0.2, 0) is 20.0 Å². The summed E-state index contributed by atoms with van der Waals surface area (Å²) in [6, 6.07) is 11.3. The molecule has 0 aliphatic heterocycles. The van der Waals surface area contributed by atoms with Gasteiger partial charge in [0.05, 0.1) is 11.9 Å². The van der Waals surface area contributed by atoms with Crippen LogP contribution >= 0.6 is 0 Å². The van der Waals surface area contributed by atoms with Crippen molar-refractivity contribution in [3.05, 3.63) is 71.9 Å². The van der Waals surface area contributed by atoms with Crippen molar-refractivity contribution in [1.29, 1.82) is 0 Å². The first-order chi connectivity index (χ1) is 17.9. The van der Waals surface area contributed by atoms with Crippen molar-refractivity contribution in [2.24, 2.45) is 7.05 Å². The van der Waals surface area contributed by atoms with Crippen LogP contribution < -0.4 is 10.1 Å². The van der Waals surface area contributed by atoms with Gasteiger partial charge in [0, 0.05) is 49.6 Å². The highest BCUT2D eigenvalue weighted by Gasteiger charge is 2.13. The molecule has 0 atom stereocenters. The van der Waals surface area contributed by atoms with Gasteiger partial charge in [-0.25, -0.2) is 4.39 Å². The van der Waals surface area contributed by atoms with Crippen LogP contribution in [0, 0.1) is 5.82 Å². The molecular formula is C26H31FN8O2. The summed E-state index contributed by atoms with van der Waals surface area (Å²) in [7, 11) is 1.80. The SMILES string of the molecule is CCN(CC)CCOc1ccc(C(=O)Nc2ccc(F)c(-c3cn(CCc4cn(C)nn4)nn3)c2)cc1. The van der Waals surface area contributed by atoms with Crippen LogP contribution in [0.4, 0.5) is 10.1 Å². The largest absolute Gasteiger partial charge is 0.492 e. The summed E-state index contributed by atoms with van der Waals surface area (Å²) >= 11 is 0. The molecule has 1 N–H and O–H groups in total. The zero-order valence-corrected chi connectivity index (χ0v) is 21.3. The Labute approximate surface area is 215 Å². The number of nitrogens with zero attached hydrogens (tertiary/aromatic N) is 7. The summed E-state index contributed by atoms with van der Waals surface area (Å²) in [4.78, 5) is 15.0. The van der Waals surface area contributed by atoms with E-state index in [0.29, 0.717) is 42.3 Å². The average Bonchev–Trinajstić information content (AvgIpc) is 3.55. The summed E-state index contributed by atoms with van der Waals surface area (Å²) in [5.74, 6) is -0.0553. The molecule has 0 aliphatic rings. The van der Waals surface area contributed by atoms with Gasteiger partial charge in [0.25, 0.3) is 5.91 Å². The smallest absolute Gasteiger partial charge is 0.255 e. The maximum Gasteiger partial charge on any atom is 0.255 e. The molecule has 0 bridgehead atoms. The molecule has 0 saturated carbocycles. The van der Waals surface area contributed by atoms with Crippen LogP contribution in [0.25, 0.3) is 11.3 Å². The lowest BCUT2D eigenvalue weighted by atomic mass is 10.1. The van der Waals surface area contributed by atoms with Gasteiger partial charge in [0.1, 0.15) is 23.9 Å². The fraction of sp³-hybridized carbons (Fsp3) is 0.346. The van der Waals surface area contributed by atoms with Crippen molar-refractivity contribution in [3.8, 4) is 17.0 Å². The van der Waals surface area contributed by atoms with Gasteiger partial charge in [-0.15, -0.1) is 10.2 Å². The highest BCUT2D eigenvalue weighted by atomic mass is 19.1. The number of anilines is 1. The standard InChI is InChI=1S/C26H31FN8O2/c1-4-34(5-2)14-15-37-22-9-6-19(7-10-22)26(36)28-20-8-11-24(27)23(16-20)25-18-35(32-30-25)13-12-21-17-33(3)31-29-21/h6-11,16-18H,4-5,12-15H2,1-3H3,(H,28,36). The van der Waals surface area contributed by atoms with Gasteiger partial charge in [-0.2, -0.15) is 0 Å². The van der Waals surface area contributed by atoms with E-state index in [2.05, 4.69) is 44.7 Å². The van der Waals surface area contributed by atoms with Crippen LogP contribution in [-0.4, -0.2) is 67.0 Å². The lowest BCUT2D eigenvalue weighted by Crippen LogP contribution is -2.27. The van der Waals surface area contributed by atoms with E-state index in [-0.39, 0.29) is 11.5 Å². The molecule has 11 heteroatoms. The van der Waals surface area contributed by atoms with E-state index in [1.165, 1.54) is 12.1 Å². The van der Waals surface area contributed by atoms with E-state index < -0.39 is 5.82 Å². The maximum absolute atomic E-state index is 14.6.